The lowest BCUT2D eigenvalue weighted by Crippen LogP contribution is -2.65. The second-order valence-electron chi connectivity index (χ2n) is 9.86. The van der Waals surface area contributed by atoms with Crippen molar-refractivity contribution in [2.24, 2.45) is 0 Å². The van der Waals surface area contributed by atoms with Gasteiger partial charge in [-0.05, 0) is 56.2 Å². The molecule has 3 aromatic rings. The first-order valence-corrected chi connectivity index (χ1v) is 13.4. The average Bonchev–Trinajstić information content (AvgIpc) is 2.82. The highest BCUT2D eigenvalue weighted by Crippen LogP contribution is 2.50. The van der Waals surface area contributed by atoms with Gasteiger partial charge < -0.3 is 19.6 Å². The molecule has 0 amide bonds. The largest absolute Gasteiger partial charge is 0.485 e. The molecule has 2 aliphatic rings. The molecule has 1 saturated heterocycles. The summed E-state index contributed by atoms with van der Waals surface area (Å²) in [6, 6.07) is 19.6. The third-order valence-electron chi connectivity index (χ3n) is 6.53. The van der Waals surface area contributed by atoms with Gasteiger partial charge in [0.1, 0.15) is 17.6 Å². The first kappa shape index (κ1) is 25.0. The fourth-order valence-electron chi connectivity index (χ4n) is 5.20. The Hall–Kier alpha value is -3.70. The number of hydrogen-bond donors (Lipinski definition) is 2. The molecule has 192 valence electrons. The zero-order valence-electron chi connectivity index (χ0n) is 20.1. The second kappa shape index (κ2) is 9.00. The van der Waals surface area contributed by atoms with Gasteiger partial charge in [0.25, 0.3) is 5.69 Å². The Morgan fingerprint density at radius 2 is 1.76 bits per heavy atom. The van der Waals surface area contributed by atoms with E-state index in [1.807, 2.05) is 30.3 Å². The number of para-hydroxylation sites is 1. The highest BCUT2D eigenvalue weighted by atomic mass is 32.2. The number of nitro benzene ring substituents is 1. The molecule has 2 aliphatic heterocycles. The number of thiocarbonyl (C=S) groups is 1. The topological polar surface area (TPSA) is 120 Å². The Bertz CT molecular complexity index is 1490. The van der Waals surface area contributed by atoms with Gasteiger partial charge in [-0.15, -0.1) is 0 Å². The van der Waals surface area contributed by atoms with Crippen LogP contribution in [0.4, 0.5) is 5.69 Å². The zero-order chi connectivity index (χ0) is 26.4. The maximum Gasteiger partial charge on any atom is 0.346 e. The number of nitro groups is 1. The molecule has 1 fully saturated rings. The van der Waals surface area contributed by atoms with Crippen molar-refractivity contribution in [3.05, 3.63) is 94.0 Å². The zero-order valence-corrected chi connectivity index (χ0v) is 21.8. The lowest BCUT2D eigenvalue weighted by atomic mass is 9.72. The summed E-state index contributed by atoms with van der Waals surface area (Å²) in [5.41, 5.74) is 0.357. The first-order valence-electron chi connectivity index (χ1n) is 11.6. The van der Waals surface area contributed by atoms with Gasteiger partial charge in [-0.2, -0.15) is 8.42 Å². The quantitative estimate of drug-likeness (QED) is 0.205. The molecule has 9 nitrogen and oxygen atoms in total. The average molecular weight is 540 g/mol. The summed E-state index contributed by atoms with van der Waals surface area (Å²) in [6.07, 6.45) is 0.957. The minimum absolute atomic E-state index is 0.0171. The summed E-state index contributed by atoms with van der Waals surface area (Å²) >= 11 is 5.56. The molecule has 0 bridgehead atoms. The van der Waals surface area contributed by atoms with Crippen LogP contribution in [0.2, 0.25) is 0 Å². The molecule has 2 heterocycles. The molecule has 3 aromatic carbocycles. The number of nitrogens with one attached hydrogen (secondary N) is 2. The van der Waals surface area contributed by atoms with Crippen LogP contribution >= 0.6 is 12.2 Å². The van der Waals surface area contributed by atoms with E-state index in [-0.39, 0.29) is 17.4 Å². The van der Waals surface area contributed by atoms with Crippen molar-refractivity contribution in [3.63, 3.8) is 0 Å². The fraction of sp³-hybridized carbons (Fsp3) is 0.269. The van der Waals surface area contributed by atoms with Crippen LogP contribution in [0.25, 0.3) is 0 Å². The van der Waals surface area contributed by atoms with Crippen molar-refractivity contribution in [1.82, 2.24) is 10.6 Å². The SMILES string of the molecule is CC1(C)C[C@]2(C[C@@H](c3ccccc3)Oc3cc(OS(=O)(=O)c4ccccc4[N+](=O)[O-])ccc32)NC(=S)N1. The molecule has 2 atom stereocenters. The van der Waals surface area contributed by atoms with Crippen molar-refractivity contribution in [3.8, 4) is 11.5 Å². The lowest BCUT2D eigenvalue weighted by Gasteiger charge is -2.51. The van der Waals surface area contributed by atoms with E-state index in [4.69, 9.17) is 21.1 Å². The second-order valence-corrected chi connectivity index (χ2v) is 11.8. The van der Waals surface area contributed by atoms with Gasteiger partial charge in [0, 0.05) is 29.7 Å². The van der Waals surface area contributed by atoms with E-state index >= 15 is 0 Å². The van der Waals surface area contributed by atoms with Crippen LogP contribution in [0.15, 0.2) is 77.7 Å². The summed E-state index contributed by atoms with van der Waals surface area (Å²) in [7, 11) is -4.49. The maximum atomic E-state index is 13.0. The third-order valence-corrected chi connectivity index (χ3v) is 8.03. The summed E-state index contributed by atoms with van der Waals surface area (Å²) < 4.78 is 37.7. The lowest BCUT2D eigenvalue weighted by molar-refractivity contribution is -0.387. The van der Waals surface area contributed by atoms with Crippen molar-refractivity contribution in [1.29, 1.82) is 0 Å². The molecular weight excluding hydrogens is 514 g/mol. The molecule has 1 spiro atoms. The Balaban J connectivity index is 1.57. The molecule has 0 radical (unpaired) electrons. The predicted molar refractivity (Wildman–Crippen MR) is 141 cm³/mol. The first-order chi connectivity index (χ1) is 17.5. The highest BCUT2D eigenvalue weighted by Gasteiger charge is 2.49. The number of benzene rings is 3. The Morgan fingerprint density at radius 1 is 1.05 bits per heavy atom. The smallest absolute Gasteiger partial charge is 0.346 e. The molecular formula is C26H25N3O6S2. The molecule has 11 heteroatoms. The van der Waals surface area contributed by atoms with Crippen LogP contribution in [-0.2, 0) is 15.7 Å². The van der Waals surface area contributed by atoms with Crippen molar-refractivity contribution >= 4 is 33.1 Å². The number of rotatable bonds is 5. The molecule has 5 rings (SSSR count). The van der Waals surface area contributed by atoms with E-state index in [9.17, 15) is 18.5 Å². The van der Waals surface area contributed by atoms with Crippen LogP contribution in [0.5, 0.6) is 11.5 Å². The van der Waals surface area contributed by atoms with Gasteiger partial charge >= 0.3 is 10.1 Å². The standard InChI is InChI=1S/C26H25N3O6S2/c1-25(2)16-26(28-24(36)27-25)15-22(17-8-4-3-5-9-17)34-21-14-18(12-13-19(21)26)35-37(32,33)23-11-7-6-10-20(23)29(30)31/h3-14,22H,15-16H2,1-2H3,(H2,27,28,36)/t22-,26-/m0/s1. The van der Waals surface area contributed by atoms with Crippen molar-refractivity contribution in [2.75, 3.05) is 0 Å². The third kappa shape index (κ3) is 4.84. The predicted octanol–water partition coefficient (Wildman–Crippen LogP) is 4.73. The molecule has 0 aromatic heterocycles. The molecule has 2 N–H and O–H groups in total. The van der Waals surface area contributed by atoms with Crippen molar-refractivity contribution < 1.29 is 22.3 Å². The van der Waals surface area contributed by atoms with Gasteiger partial charge in [-0.1, -0.05) is 42.5 Å². The summed E-state index contributed by atoms with van der Waals surface area (Å²) in [6.45, 7) is 4.15. The van der Waals surface area contributed by atoms with E-state index in [1.54, 1.807) is 6.07 Å². The number of fused-ring (bicyclic) bond motifs is 2. The van der Waals surface area contributed by atoms with E-state index in [0.717, 1.165) is 23.3 Å². The summed E-state index contributed by atoms with van der Waals surface area (Å²) in [4.78, 5) is 10.1. The number of hydrogen-bond acceptors (Lipinski definition) is 7. The van der Waals surface area contributed by atoms with Gasteiger partial charge in [0.2, 0.25) is 0 Å². The molecule has 37 heavy (non-hydrogen) atoms. The highest BCUT2D eigenvalue weighted by molar-refractivity contribution is 7.87. The van der Waals surface area contributed by atoms with Crippen LogP contribution in [-0.4, -0.2) is 24.0 Å². The Kier molecular flexibility index (Phi) is 6.07. The Morgan fingerprint density at radius 3 is 2.46 bits per heavy atom. The van der Waals surface area contributed by atoms with Gasteiger partial charge in [-0.3, -0.25) is 10.1 Å². The normalized spacial score (nSPS) is 22.2. The summed E-state index contributed by atoms with van der Waals surface area (Å²) in [5, 5.41) is 18.7. The molecule has 0 saturated carbocycles. The van der Waals surface area contributed by atoms with Crippen LogP contribution in [0.1, 0.15) is 43.9 Å². The van der Waals surface area contributed by atoms with Crippen LogP contribution < -0.4 is 19.6 Å². The minimum Gasteiger partial charge on any atom is -0.485 e. The summed E-state index contributed by atoms with van der Waals surface area (Å²) in [5.74, 6) is 0.430. The van der Waals surface area contributed by atoms with Gasteiger partial charge in [0.05, 0.1) is 10.5 Å². The monoisotopic (exact) mass is 539 g/mol. The van der Waals surface area contributed by atoms with Gasteiger partial charge in [-0.25, -0.2) is 0 Å². The Labute approximate surface area is 220 Å². The van der Waals surface area contributed by atoms with Crippen LogP contribution in [0.3, 0.4) is 0 Å². The van der Waals surface area contributed by atoms with Crippen molar-refractivity contribution in [2.45, 2.75) is 48.8 Å². The molecule has 0 aliphatic carbocycles. The van der Waals surface area contributed by atoms with Gasteiger partial charge in [0.15, 0.2) is 10.0 Å². The van der Waals surface area contributed by atoms with E-state index in [0.29, 0.717) is 23.7 Å². The minimum atomic E-state index is -4.49. The van der Waals surface area contributed by atoms with E-state index in [1.165, 1.54) is 24.3 Å². The number of nitrogens with zero attached hydrogens (tertiary/aromatic N) is 1. The van der Waals surface area contributed by atoms with E-state index < -0.39 is 31.2 Å². The number of ether oxygens (including phenoxy) is 1. The van der Waals surface area contributed by atoms with E-state index in [2.05, 4.69) is 24.5 Å². The fourth-order valence-corrected chi connectivity index (χ4v) is 6.76. The maximum absolute atomic E-state index is 13.0. The molecule has 0 unspecified atom stereocenters. The van der Waals surface area contributed by atoms with Crippen LogP contribution in [0, 0.1) is 10.1 Å².